The van der Waals surface area contributed by atoms with Crippen LogP contribution in [0.2, 0.25) is 0 Å². The Kier molecular flexibility index (Phi) is 1.83. The van der Waals surface area contributed by atoms with E-state index in [4.69, 9.17) is 9.94 Å². The first-order valence-electron chi connectivity index (χ1n) is 2.89. The summed E-state index contributed by atoms with van der Waals surface area (Å²) in [5.74, 6) is 0. The minimum Gasteiger partial charge on any atom is -0.389 e. The lowest BCUT2D eigenvalue weighted by atomic mass is 10.4. The lowest BCUT2D eigenvalue weighted by molar-refractivity contribution is -0.106. The summed E-state index contributed by atoms with van der Waals surface area (Å²) in [5, 5.41) is 10.6. The highest BCUT2D eigenvalue weighted by molar-refractivity contribution is 4.61. The largest absolute Gasteiger partial charge is 0.389 e. The van der Waals surface area contributed by atoms with Crippen LogP contribution in [0.4, 0.5) is 0 Å². The van der Waals surface area contributed by atoms with E-state index in [1.165, 1.54) is 0 Å². The van der Waals surface area contributed by atoms with Crippen molar-refractivity contribution in [1.29, 1.82) is 0 Å². The number of aliphatic hydroxyl groups excluding tert-OH is 1. The van der Waals surface area contributed by atoms with Crippen LogP contribution in [0.15, 0.2) is 0 Å². The first-order valence-corrected chi connectivity index (χ1v) is 2.89. The number of rotatable bonds is 1. The van der Waals surface area contributed by atoms with Gasteiger partial charge < -0.3 is 5.11 Å². The standard InChI is InChI=1S/C5H11NO2/c1-2-6-3-5(7)4-8-6/h5,7H,2-4H2,1H3/t5-/m0/s1. The minimum atomic E-state index is -0.269. The van der Waals surface area contributed by atoms with E-state index in [-0.39, 0.29) is 6.10 Å². The molecule has 1 fully saturated rings. The number of β-amino-alcohol motifs (C(OH)–C–C–N with tert-alkyl or cyclic N) is 1. The molecule has 0 unspecified atom stereocenters. The first kappa shape index (κ1) is 6.01. The fourth-order valence-electron chi connectivity index (χ4n) is 0.752. The van der Waals surface area contributed by atoms with Crippen LogP contribution in [0.3, 0.4) is 0 Å². The number of likely N-dealkylation sites (N-methyl/N-ethyl adjacent to an activating group) is 1. The average molecular weight is 117 g/mol. The maximum atomic E-state index is 8.86. The van der Waals surface area contributed by atoms with Gasteiger partial charge in [0.1, 0.15) is 0 Å². The van der Waals surface area contributed by atoms with Crippen molar-refractivity contribution in [1.82, 2.24) is 5.06 Å². The molecule has 1 aliphatic rings. The average Bonchev–Trinajstić information content (AvgIpc) is 2.14. The van der Waals surface area contributed by atoms with Crippen LogP contribution in [0.25, 0.3) is 0 Å². The molecule has 0 spiro atoms. The fourth-order valence-corrected chi connectivity index (χ4v) is 0.752. The molecule has 1 heterocycles. The van der Waals surface area contributed by atoms with E-state index in [0.717, 1.165) is 6.54 Å². The lowest BCUT2D eigenvalue weighted by Gasteiger charge is -2.07. The van der Waals surface area contributed by atoms with Crippen LogP contribution < -0.4 is 0 Å². The molecular weight excluding hydrogens is 106 g/mol. The molecule has 3 nitrogen and oxygen atoms in total. The zero-order valence-corrected chi connectivity index (χ0v) is 5.00. The molecule has 0 radical (unpaired) electrons. The van der Waals surface area contributed by atoms with Gasteiger partial charge in [-0.3, -0.25) is 4.84 Å². The monoisotopic (exact) mass is 117 g/mol. The Morgan fingerprint density at radius 2 is 2.62 bits per heavy atom. The Morgan fingerprint density at radius 1 is 1.88 bits per heavy atom. The van der Waals surface area contributed by atoms with Gasteiger partial charge in [-0.2, -0.15) is 5.06 Å². The predicted molar refractivity (Wildman–Crippen MR) is 29.2 cm³/mol. The Hall–Kier alpha value is -0.120. The second-order valence-corrected chi connectivity index (χ2v) is 1.93. The van der Waals surface area contributed by atoms with Gasteiger partial charge in [-0.15, -0.1) is 0 Å². The third kappa shape index (κ3) is 1.18. The Balaban J connectivity index is 2.22. The van der Waals surface area contributed by atoms with Crippen molar-refractivity contribution in [2.24, 2.45) is 0 Å². The molecule has 1 N–H and O–H groups in total. The van der Waals surface area contributed by atoms with Crippen molar-refractivity contribution >= 4 is 0 Å². The lowest BCUT2D eigenvalue weighted by Crippen LogP contribution is -2.19. The fraction of sp³-hybridized carbons (Fsp3) is 1.00. The second-order valence-electron chi connectivity index (χ2n) is 1.93. The first-order chi connectivity index (χ1) is 3.83. The summed E-state index contributed by atoms with van der Waals surface area (Å²) in [6.07, 6.45) is -0.269. The van der Waals surface area contributed by atoms with Crippen LogP contribution >= 0.6 is 0 Å². The van der Waals surface area contributed by atoms with E-state index < -0.39 is 0 Å². The van der Waals surface area contributed by atoms with Crippen LogP contribution in [-0.4, -0.2) is 36.0 Å². The van der Waals surface area contributed by atoms with Gasteiger partial charge in [-0.05, 0) is 0 Å². The molecule has 1 saturated heterocycles. The van der Waals surface area contributed by atoms with Gasteiger partial charge >= 0.3 is 0 Å². The molecule has 0 aromatic heterocycles. The summed E-state index contributed by atoms with van der Waals surface area (Å²) in [4.78, 5) is 5.00. The number of hydrogen-bond acceptors (Lipinski definition) is 3. The van der Waals surface area contributed by atoms with Crippen LogP contribution in [0.1, 0.15) is 6.92 Å². The summed E-state index contributed by atoms with van der Waals surface area (Å²) in [6.45, 7) is 3.99. The van der Waals surface area contributed by atoms with E-state index in [1.807, 2.05) is 6.92 Å². The third-order valence-corrected chi connectivity index (χ3v) is 1.22. The zero-order valence-electron chi connectivity index (χ0n) is 5.00. The van der Waals surface area contributed by atoms with Gasteiger partial charge in [0.2, 0.25) is 0 Å². The summed E-state index contributed by atoms with van der Waals surface area (Å²) in [6, 6.07) is 0. The van der Waals surface area contributed by atoms with Gasteiger partial charge in [0.05, 0.1) is 19.3 Å². The van der Waals surface area contributed by atoms with Gasteiger partial charge in [0.25, 0.3) is 0 Å². The van der Waals surface area contributed by atoms with Crippen molar-refractivity contribution in [2.45, 2.75) is 13.0 Å². The van der Waals surface area contributed by atoms with Gasteiger partial charge in [0, 0.05) is 6.54 Å². The summed E-state index contributed by atoms with van der Waals surface area (Å²) < 4.78 is 0. The van der Waals surface area contributed by atoms with Crippen molar-refractivity contribution in [3.05, 3.63) is 0 Å². The predicted octanol–water partition coefficient (Wildman–Crippen LogP) is -0.386. The van der Waals surface area contributed by atoms with Crippen molar-refractivity contribution in [2.75, 3.05) is 19.7 Å². The van der Waals surface area contributed by atoms with Gasteiger partial charge in [0.15, 0.2) is 0 Å². The molecule has 0 saturated carbocycles. The maximum absolute atomic E-state index is 8.86. The summed E-state index contributed by atoms with van der Waals surface area (Å²) >= 11 is 0. The number of hydrogen-bond donors (Lipinski definition) is 1. The maximum Gasteiger partial charge on any atom is 0.0958 e. The van der Waals surface area contributed by atoms with Crippen LogP contribution in [-0.2, 0) is 4.84 Å². The molecule has 3 heteroatoms. The number of aliphatic hydroxyl groups is 1. The Bertz CT molecular complexity index is 76.8. The van der Waals surface area contributed by atoms with Crippen molar-refractivity contribution < 1.29 is 9.94 Å². The van der Waals surface area contributed by atoms with Crippen molar-refractivity contribution in [3.8, 4) is 0 Å². The molecular formula is C5H11NO2. The summed E-state index contributed by atoms with van der Waals surface area (Å²) in [7, 11) is 0. The molecule has 48 valence electrons. The highest BCUT2D eigenvalue weighted by atomic mass is 16.7. The molecule has 0 aliphatic carbocycles. The van der Waals surface area contributed by atoms with E-state index in [1.54, 1.807) is 5.06 Å². The Morgan fingerprint density at radius 3 is 2.88 bits per heavy atom. The molecule has 1 aliphatic heterocycles. The highest BCUT2D eigenvalue weighted by Crippen LogP contribution is 2.02. The molecule has 8 heavy (non-hydrogen) atoms. The second kappa shape index (κ2) is 2.44. The normalized spacial score (nSPS) is 31.5. The molecule has 0 bridgehead atoms. The van der Waals surface area contributed by atoms with E-state index in [2.05, 4.69) is 0 Å². The molecule has 1 rings (SSSR count). The van der Waals surface area contributed by atoms with E-state index in [0.29, 0.717) is 13.2 Å². The minimum absolute atomic E-state index is 0.269. The number of nitrogens with zero attached hydrogens (tertiary/aromatic N) is 1. The summed E-state index contributed by atoms with van der Waals surface area (Å²) in [5.41, 5.74) is 0. The molecule has 0 amide bonds. The zero-order chi connectivity index (χ0) is 5.98. The third-order valence-electron chi connectivity index (χ3n) is 1.22. The SMILES string of the molecule is CCN1C[C@H](O)CO1. The van der Waals surface area contributed by atoms with E-state index >= 15 is 0 Å². The Labute approximate surface area is 48.8 Å². The molecule has 0 aromatic rings. The van der Waals surface area contributed by atoms with Gasteiger partial charge in [-0.25, -0.2) is 0 Å². The van der Waals surface area contributed by atoms with E-state index in [9.17, 15) is 0 Å². The molecule has 0 aromatic carbocycles. The number of hydroxylamine groups is 2. The van der Waals surface area contributed by atoms with Crippen LogP contribution in [0, 0.1) is 0 Å². The smallest absolute Gasteiger partial charge is 0.0958 e. The molecule has 1 atom stereocenters. The quantitative estimate of drug-likeness (QED) is 0.508. The van der Waals surface area contributed by atoms with Crippen LogP contribution in [0.5, 0.6) is 0 Å². The van der Waals surface area contributed by atoms with Gasteiger partial charge in [-0.1, -0.05) is 6.92 Å². The highest BCUT2D eigenvalue weighted by Gasteiger charge is 2.18. The van der Waals surface area contributed by atoms with Crippen molar-refractivity contribution in [3.63, 3.8) is 0 Å². The topological polar surface area (TPSA) is 32.7 Å².